The van der Waals surface area contributed by atoms with E-state index in [0.717, 1.165) is 16.9 Å². The van der Waals surface area contributed by atoms with Crippen LogP contribution in [-0.4, -0.2) is 31.0 Å². The van der Waals surface area contributed by atoms with Gasteiger partial charge in [-0.25, -0.2) is 0 Å². The molecule has 0 saturated heterocycles. The highest BCUT2D eigenvalue weighted by atomic mass is 35.5. The van der Waals surface area contributed by atoms with E-state index in [1.807, 2.05) is 6.07 Å². The zero-order chi connectivity index (χ0) is 22.2. The van der Waals surface area contributed by atoms with Crippen molar-refractivity contribution in [3.63, 3.8) is 0 Å². The molecule has 160 valence electrons. The maximum Gasteiger partial charge on any atom is 0.264 e. The number of hydrogen-bond acceptors (Lipinski definition) is 6. The van der Waals surface area contributed by atoms with Crippen LogP contribution >= 0.6 is 22.9 Å². The van der Waals surface area contributed by atoms with Gasteiger partial charge in [0.1, 0.15) is 0 Å². The minimum atomic E-state index is -1.94. The number of rotatable bonds is 7. The van der Waals surface area contributed by atoms with Gasteiger partial charge >= 0.3 is 0 Å². The number of ketones is 1. The first-order valence-corrected chi connectivity index (χ1v) is 10.7. The summed E-state index contributed by atoms with van der Waals surface area (Å²) in [5.41, 5.74) is -0.166. The Morgan fingerprint density at radius 3 is 2.52 bits per heavy atom. The number of fused-ring (bicyclic) bond motifs is 1. The molecule has 1 aliphatic heterocycles. The molecule has 3 aromatic rings. The first-order valence-electron chi connectivity index (χ1n) is 9.50. The number of carbonyl (C=O) groups is 2. The van der Waals surface area contributed by atoms with Gasteiger partial charge in [0.05, 0.1) is 42.1 Å². The molecule has 0 fully saturated rings. The SMILES string of the molecule is COc1ccc(CN2C(=O)[C@](O)(CC(=O)c3ccc(Cl)s3)c3ccccc32)cc1OC. The lowest BCUT2D eigenvalue weighted by Gasteiger charge is -2.23. The summed E-state index contributed by atoms with van der Waals surface area (Å²) in [5.74, 6) is 0.242. The van der Waals surface area contributed by atoms with Crippen molar-refractivity contribution in [3.8, 4) is 11.5 Å². The zero-order valence-electron chi connectivity index (χ0n) is 16.9. The third-order valence-electron chi connectivity index (χ3n) is 5.29. The number of para-hydroxylation sites is 1. The number of thiophene rings is 1. The summed E-state index contributed by atoms with van der Waals surface area (Å²) in [5, 5.41) is 11.4. The molecule has 1 atom stereocenters. The minimum Gasteiger partial charge on any atom is -0.493 e. The first-order chi connectivity index (χ1) is 14.9. The molecule has 4 rings (SSSR count). The second-order valence-electron chi connectivity index (χ2n) is 7.16. The van der Waals surface area contributed by atoms with Crippen molar-refractivity contribution in [2.24, 2.45) is 0 Å². The van der Waals surface area contributed by atoms with E-state index < -0.39 is 11.5 Å². The fraction of sp³-hybridized carbons (Fsp3) is 0.217. The standard InChI is InChI=1S/C23H20ClNO5S/c1-29-18-8-7-14(11-19(18)30-2)13-25-16-6-4-3-5-15(16)23(28,22(25)27)12-17(26)20-9-10-21(24)31-20/h3-11,28H,12-13H2,1-2H3/t23-/m0/s1. The van der Waals surface area contributed by atoms with E-state index in [0.29, 0.717) is 32.0 Å². The van der Waals surface area contributed by atoms with E-state index in [4.69, 9.17) is 21.1 Å². The zero-order valence-corrected chi connectivity index (χ0v) is 18.5. The van der Waals surface area contributed by atoms with Gasteiger partial charge in [0.25, 0.3) is 5.91 Å². The lowest BCUT2D eigenvalue weighted by Crippen LogP contribution is -2.41. The number of aliphatic hydroxyl groups is 1. The van der Waals surface area contributed by atoms with Gasteiger partial charge in [-0.3, -0.25) is 9.59 Å². The largest absolute Gasteiger partial charge is 0.493 e. The highest BCUT2D eigenvalue weighted by Crippen LogP contribution is 2.44. The molecule has 0 spiro atoms. The highest BCUT2D eigenvalue weighted by molar-refractivity contribution is 7.18. The number of halogens is 1. The molecule has 0 saturated carbocycles. The highest BCUT2D eigenvalue weighted by Gasteiger charge is 2.50. The normalized spacial score (nSPS) is 17.5. The van der Waals surface area contributed by atoms with Crippen molar-refractivity contribution in [1.82, 2.24) is 0 Å². The number of ether oxygens (including phenoxy) is 2. The quantitative estimate of drug-likeness (QED) is 0.531. The van der Waals surface area contributed by atoms with Gasteiger partial charge in [0.15, 0.2) is 22.9 Å². The van der Waals surface area contributed by atoms with E-state index in [-0.39, 0.29) is 18.7 Å². The van der Waals surface area contributed by atoms with Crippen molar-refractivity contribution >= 4 is 40.3 Å². The Hall–Kier alpha value is -2.87. The Morgan fingerprint density at radius 2 is 1.84 bits per heavy atom. The van der Waals surface area contributed by atoms with Crippen LogP contribution in [0.4, 0.5) is 5.69 Å². The Balaban J connectivity index is 1.67. The molecule has 0 radical (unpaired) electrons. The lowest BCUT2D eigenvalue weighted by molar-refractivity contribution is -0.136. The molecule has 0 aliphatic carbocycles. The number of benzene rings is 2. The third-order valence-corrected chi connectivity index (χ3v) is 6.56. The predicted molar refractivity (Wildman–Crippen MR) is 119 cm³/mol. The molecule has 1 aliphatic rings. The van der Waals surface area contributed by atoms with Crippen molar-refractivity contribution in [2.45, 2.75) is 18.6 Å². The molecule has 0 unspecified atom stereocenters. The van der Waals surface area contributed by atoms with Crippen LogP contribution in [0.2, 0.25) is 4.34 Å². The second kappa shape index (κ2) is 8.34. The van der Waals surface area contributed by atoms with Crippen LogP contribution in [0.25, 0.3) is 0 Å². The van der Waals surface area contributed by atoms with Crippen LogP contribution in [0.15, 0.2) is 54.6 Å². The number of amides is 1. The number of carbonyl (C=O) groups excluding carboxylic acids is 2. The van der Waals surface area contributed by atoms with Gasteiger partial charge < -0.3 is 19.5 Å². The van der Waals surface area contributed by atoms with Gasteiger partial charge in [-0.15, -0.1) is 11.3 Å². The van der Waals surface area contributed by atoms with Gasteiger partial charge in [0.2, 0.25) is 0 Å². The smallest absolute Gasteiger partial charge is 0.264 e. The number of methoxy groups -OCH3 is 2. The van der Waals surface area contributed by atoms with Gasteiger partial charge in [-0.2, -0.15) is 0 Å². The number of nitrogens with zero attached hydrogens (tertiary/aromatic N) is 1. The van der Waals surface area contributed by atoms with E-state index in [2.05, 4.69) is 0 Å². The summed E-state index contributed by atoms with van der Waals surface area (Å²) >= 11 is 7.06. The van der Waals surface area contributed by atoms with E-state index >= 15 is 0 Å². The molecule has 1 amide bonds. The molecule has 0 bridgehead atoms. The van der Waals surface area contributed by atoms with Crippen LogP contribution in [0, 0.1) is 0 Å². The number of hydrogen-bond donors (Lipinski definition) is 1. The molecular formula is C23H20ClNO5S. The Labute approximate surface area is 188 Å². The van der Waals surface area contributed by atoms with Gasteiger partial charge in [-0.1, -0.05) is 35.9 Å². The van der Waals surface area contributed by atoms with Gasteiger partial charge in [-0.05, 0) is 35.9 Å². The van der Waals surface area contributed by atoms with Crippen LogP contribution in [0.1, 0.15) is 27.2 Å². The summed E-state index contributed by atoms with van der Waals surface area (Å²) in [6.45, 7) is 0.206. The minimum absolute atomic E-state index is 0.206. The van der Waals surface area contributed by atoms with Crippen molar-refractivity contribution < 1.29 is 24.2 Å². The summed E-state index contributed by atoms with van der Waals surface area (Å²) in [6.07, 6.45) is -0.359. The van der Waals surface area contributed by atoms with E-state index in [1.165, 1.54) is 4.90 Å². The van der Waals surface area contributed by atoms with Gasteiger partial charge in [0, 0.05) is 5.56 Å². The summed E-state index contributed by atoms with van der Waals surface area (Å²) in [7, 11) is 3.09. The second-order valence-corrected chi connectivity index (χ2v) is 8.88. The summed E-state index contributed by atoms with van der Waals surface area (Å²) in [4.78, 5) is 28.1. The Bertz CT molecular complexity index is 1160. The Morgan fingerprint density at radius 1 is 1.10 bits per heavy atom. The average molecular weight is 458 g/mol. The maximum absolute atomic E-state index is 13.4. The summed E-state index contributed by atoms with van der Waals surface area (Å²) in [6, 6.07) is 15.6. The monoisotopic (exact) mass is 457 g/mol. The number of Topliss-reactive ketones (excluding diaryl/α,β-unsaturated/α-hetero) is 1. The van der Waals surface area contributed by atoms with E-state index in [9.17, 15) is 14.7 Å². The maximum atomic E-state index is 13.4. The van der Waals surface area contributed by atoms with Crippen LogP contribution < -0.4 is 14.4 Å². The van der Waals surface area contributed by atoms with Crippen LogP contribution in [0.5, 0.6) is 11.5 Å². The average Bonchev–Trinajstić information content (AvgIpc) is 3.30. The molecule has 1 aromatic heterocycles. The first kappa shape index (κ1) is 21.4. The topological polar surface area (TPSA) is 76.1 Å². The van der Waals surface area contributed by atoms with Crippen molar-refractivity contribution in [1.29, 1.82) is 0 Å². The molecule has 2 heterocycles. The van der Waals surface area contributed by atoms with Crippen LogP contribution in [0.3, 0.4) is 0 Å². The number of anilines is 1. The van der Waals surface area contributed by atoms with Crippen LogP contribution in [-0.2, 0) is 16.9 Å². The Kier molecular flexibility index (Phi) is 5.75. The molecule has 8 heteroatoms. The fourth-order valence-corrected chi connectivity index (χ4v) is 4.76. The molecule has 1 N–H and O–H groups in total. The summed E-state index contributed by atoms with van der Waals surface area (Å²) < 4.78 is 11.1. The fourth-order valence-electron chi connectivity index (χ4n) is 3.78. The lowest BCUT2D eigenvalue weighted by atomic mass is 9.89. The molecule has 2 aromatic carbocycles. The van der Waals surface area contributed by atoms with Crippen molar-refractivity contribution in [3.05, 3.63) is 74.9 Å². The molecule has 6 nitrogen and oxygen atoms in total. The predicted octanol–water partition coefficient (Wildman–Crippen LogP) is 4.43. The third kappa shape index (κ3) is 3.80. The van der Waals surface area contributed by atoms with E-state index in [1.54, 1.807) is 62.8 Å². The molecular weight excluding hydrogens is 438 g/mol. The van der Waals surface area contributed by atoms with Crippen molar-refractivity contribution in [2.75, 3.05) is 19.1 Å². The molecule has 31 heavy (non-hydrogen) atoms.